The first-order valence-corrected chi connectivity index (χ1v) is 14.4. The summed E-state index contributed by atoms with van der Waals surface area (Å²) in [6, 6.07) is 13.0. The zero-order valence-electron chi connectivity index (χ0n) is 23.3. The SMILES string of the molecule is CCCCOc1ccc(-c2ccc(OCC3CCC(c4ccc(OCCCC)c(F)c4F)CC3)c(F)c2F)cc1. The Morgan fingerprint density at radius 1 is 0.625 bits per heavy atom. The second kappa shape index (κ2) is 14.4. The Morgan fingerprint density at radius 2 is 1.23 bits per heavy atom. The smallest absolute Gasteiger partial charge is 0.201 e. The molecule has 0 aliphatic heterocycles. The lowest BCUT2D eigenvalue weighted by molar-refractivity contribution is 0.191. The molecule has 3 aromatic rings. The van der Waals surface area contributed by atoms with Crippen molar-refractivity contribution in [3.05, 3.63) is 77.4 Å². The van der Waals surface area contributed by atoms with Crippen LogP contribution in [0.3, 0.4) is 0 Å². The lowest BCUT2D eigenvalue weighted by Gasteiger charge is -2.29. The van der Waals surface area contributed by atoms with Crippen molar-refractivity contribution in [3.63, 3.8) is 0 Å². The number of benzene rings is 3. The molecule has 0 saturated heterocycles. The molecule has 1 aliphatic carbocycles. The van der Waals surface area contributed by atoms with E-state index in [9.17, 15) is 17.6 Å². The maximum absolute atomic E-state index is 14.9. The summed E-state index contributed by atoms with van der Waals surface area (Å²) in [5, 5.41) is 0. The van der Waals surface area contributed by atoms with Crippen LogP contribution in [0.1, 0.15) is 76.7 Å². The van der Waals surface area contributed by atoms with E-state index in [2.05, 4.69) is 6.92 Å². The summed E-state index contributed by atoms with van der Waals surface area (Å²) in [6.45, 7) is 5.28. The Kier molecular flexibility index (Phi) is 10.7. The monoisotopic (exact) mass is 558 g/mol. The van der Waals surface area contributed by atoms with Crippen molar-refractivity contribution in [2.24, 2.45) is 5.92 Å². The van der Waals surface area contributed by atoms with Crippen molar-refractivity contribution in [2.75, 3.05) is 19.8 Å². The van der Waals surface area contributed by atoms with Gasteiger partial charge in [0.15, 0.2) is 23.1 Å². The normalized spacial score (nSPS) is 17.1. The van der Waals surface area contributed by atoms with Crippen LogP contribution in [0.5, 0.6) is 17.2 Å². The van der Waals surface area contributed by atoms with Gasteiger partial charge in [-0.05, 0) is 91.8 Å². The molecular weight excluding hydrogens is 520 g/mol. The van der Waals surface area contributed by atoms with Crippen molar-refractivity contribution in [1.82, 2.24) is 0 Å². The quantitative estimate of drug-likeness (QED) is 0.154. The summed E-state index contributed by atoms with van der Waals surface area (Å²) in [5.74, 6) is -3.24. The molecule has 7 heteroatoms. The first-order valence-electron chi connectivity index (χ1n) is 14.4. The molecule has 1 fully saturated rings. The Morgan fingerprint density at radius 3 is 1.90 bits per heavy atom. The van der Waals surface area contributed by atoms with E-state index in [4.69, 9.17) is 14.2 Å². The lowest BCUT2D eigenvalue weighted by Crippen LogP contribution is -2.20. The molecule has 0 N–H and O–H groups in total. The molecular formula is C33H38F4O3. The third-order valence-corrected chi connectivity index (χ3v) is 7.57. The fourth-order valence-corrected chi connectivity index (χ4v) is 5.08. The molecule has 0 bridgehead atoms. The Labute approximate surface area is 234 Å². The highest BCUT2D eigenvalue weighted by molar-refractivity contribution is 5.66. The second-order valence-electron chi connectivity index (χ2n) is 10.5. The molecule has 0 heterocycles. The van der Waals surface area contributed by atoms with Crippen molar-refractivity contribution < 1.29 is 31.8 Å². The number of hydrogen-bond acceptors (Lipinski definition) is 3. The average molecular weight is 559 g/mol. The van der Waals surface area contributed by atoms with Gasteiger partial charge >= 0.3 is 0 Å². The predicted octanol–water partition coefficient (Wildman–Crippen LogP) is 9.62. The summed E-state index contributed by atoms with van der Waals surface area (Å²) >= 11 is 0. The largest absolute Gasteiger partial charge is 0.494 e. The molecule has 40 heavy (non-hydrogen) atoms. The average Bonchev–Trinajstić information content (AvgIpc) is 2.97. The third kappa shape index (κ3) is 7.29. The van der Waals surface area contributed by atoms with Gasteiger partial charge in [-0.15, -0.1) is 0 Å². The van der Waals surface area contributed by atoms with Gasteiger partial charge < -0.3 is 14.2 Å². The second-order valence-corrected chi connectivity index (χ2v) is 10.5. The third-order valence-electron chi connectivity index (χ3n) is 7.57. The van der Waals surface area contributed by atoms with Gasteiger partial charge in [0, 0.05) is 5.56 Å². The Balaban J connectivity index is 1.31. The highest BCUT2D eigenvalue weighted by Crippen LogP contribution is 2.39. The van der Waals surface area contributed by atoms with Gasteiger partial charge in [0.2, 0.25) is 11.6 Å². The first kappa shape index (κ1) is 29.8. The predicted molar refractivity (Wildman–Crippen MR) is 149 cm³/mol. The minimum atomic E-state index is -1.02. The van der Waals surface area contributed by atoms with E-state index in [1.165, 1.54) is 18.2 Å². The number of rotatable bonds is 13. The summed E-state index contributed by atoms with van der Waals surface area (Å²) in [6.07, 6.45) is 6.42. The van der Waals surface area contributed by atoms with E-state index in [0.717, 1.165) is 38.5 Å². The van der Waals surface area contributed by atoms with Crippen molar-refractivity contribution >= 4 is 0 Å². The molecule has 0 radical (unpaired) electrons. The molecule has 1 aliphatic rings. The summed E-state index contributed by atoms with van der Waals surface area (Å²) in [4.78, 5) is 0. The fraction of sp³-hybridized carbons (Fsp3) is 0.455. The molecule has 0 atom stereocenters. The van der Waals surface area contributed by atoms with Gasteiger partial charge in [0.25, 0.3) is 0 Å². The lowest BCUT2D eigenvalue weighted by atomic mass is 9.79. The molecule has 0 unspecified atom stereocenters. The van der Waals surface area contributed by atoms with E-state index < -0.39 is 23.3 Å². The Bertz CT molecular complexity index is 1240. The van der Waals surface area contributed by atoms with Crippen LogP contribution in [-0.4, -0.2) is 19.8 Å². The molecule has 3 nitrogen and oxygen atoms in total. The van der Waals surface area contributed by atoms with E-state index in [0.29, 0.717) is 42.9 Å². The number of unbranched alkanes of at least 4 members (excludes halogenated alkanes) is 2. The molecule has 0 amide bonds. The van der Waals surface area contributed by atoms with Crippen LogP contribution < -0.4 is 14.2 Å². The number of halogens is 4. The van der Waals surface area contributed by atoms with Gasteiger partial charge in [-0.25, -0.2) is 8.78 Å². The van der Waals surface area contributed by atoms with Crippen molar-refractivity contribution in [3.8, 4) is 28.4 Å². The van der Waals surface area contributed by atoms with Crippen LogP contribution >= 0.6 is 0 Å². The van der Waals surface area contributed by atoms with E-state index in [1.807, 2.05) is 6.92 Å². The van der Waals surface area contributed by atoms with Gasteiger partial charge in [0.1, 0.15) is 5.75 Å². The molecule has 3 aromatic carbocycles. The van der Waals surface area contributed by atoms with Crippen molar-refractivity contribution in [1.29, 1.82) is 0 Å². The topological polar surface area (TPSA) is 27.7 Å². The molecule has 0 aromatic heterocycles. The molecule has 0 spiro atoms. The van der Waals surface area contributed by atoms with Gasteiger partial charge in [-0.2, -0.15) is 8.78 Å². The van der Waals surface area contributed by atoms with E-state index in [-0.39, 0.29) is 35.5 Å². The van der Waals surface area contributed by atoms with Crippen LogP contribution in [0, 0.1) is 29.2 Å². The molecule has 4 rings (SSSR count). The van der Waals surface area contributed by atoms with Gasteiger partial charge in [-0.1, -0.05) is 44.9 Å². The van der Waals surface area contributed by atoms with Crippen LogP contribution in [0.4, 0.5) is 17.6 Å². The highest BCUT2D eigenvalue weighted by Gasteiger charge is 2.27. The standard InChI is InChI=1S/C33H38F4O3/c1-3-5-19-38-25-13-11-24(12-14-25)27-16-18-29(33(37)31(27)35)40-21-22-7-9-23(10-8-22)26-15-17-28(32(36)30(26)34)39-20-6-4-2/h11-18,22-23H,3-10,19-21H2,1-2H3. The van der Waals surface area contributed by atoms with Gasteiger partial charge in [0.05, 0.1) is 19.8 Å². The maximum Gasteiger partial charge on any atom is 0.201 e. The minimum absolute atomic E-state index is 0.0505. The maximum atomic E-state index is 14.9. The Hall–Kier alpha value is -3.22. The zero-order chi connectivity index (χ0) is 28.5. The van der Waals surface area contributed by atoms with E-state index in [1.54, 1.807) is 30.3 Å². The van der Waals surface area contributed by atoms with Crippen LogP contribution in [-0.2, 0) is 0 Å². The van der Waals surface area contributed by atoms with Crippen LogP contribution in [0.2, 0.25) is 0 Å². The number of hydrogen-bond donors (Lipinski definition) is 0. The summed E-state index contributed by atoms with van der Waals surface area (Å²) < 4.78 is 75.8. The van der Waals surface area contributed by atoms with Gasteiger partial charge in [-0.3, -0.25) is 0 Å². The van der Waals surface area contributed by atoms with Crippen LogP contribution in [0.25, 0.3) is 11.1 Å². The van der Waals surface area contributed by atoms with Crippen molar-refractivity contribution in [2.45, 2.75) is 71.1 Å². The molecule has 216 valence electrons. The summed E-state index contributed by atoms with van der Waals surface area (Å²) in [5.41, 5.74) is 1.07. The number of ether oxygens (including phenoxy) is 3. The van der Waals surface area contributed by atoms with Crippen LogP contribution in [0.15, 0.2) is 48.5 Å². The van der Waals surface area contributed by atoms with E-state index >= 15 is 0 Å². The molecule has 1 saturated carbocycles. The summed E-state index contributed by atoms with van der Waals surface area (Å²) in [7, 11) is 0. The minimum Gasteiger partial charge on any atom is -0.494 e. The highest BCUT2D eigenvalue weighted by atomic mass is 19.2. The fourth-order valence-electron chi connectivity index (χ4n) is 5.08. The zero-order valence-corrected chi connectivity index (χ0v) is 23.3. The first-order chi connectivity index (χ1) is 19.4.